The summed E-state index contributed by atoms with van der Waals surface area (Å²) in [4.78, 5) is 11.0. The second-order valence-electron chi connectivity index (χ2n) is 3.32. The first-order valence-electron chi connectivity index (χ1n) is 5.32. The van der Waals surface area contributed by atoms with Gasteiger partial charge in [-0.2, -0.15) is 5.10 Å². The fourth-order valence-corrected chi connectivity index (χ4v) is 1.16. The molecule has 0 unspecified atom stereocenters. The summed E-state index contributed by atoms with van der Waals surface area (Å²) in [6.45, 7) is 1.89. The zero-order chi connectivity index (χ0) is 11.6. The van der Waals surface area contributed by atoms with Gasteiger partial charge >= 0.3 is 0 Å². The fraction of sp³-hybridized carbons (Fsp3) is 0.231. The third-order valence-corrected chi connectivity index (χ3v) is 2.04. The number of nitrogens with one attached hydrogen (secondary N) is 1. The standard InChI is InChI=1S/C10H12O.C3H4N2/c1-2-10(11)8-9-6-4-3-5-7-9;1-2-4-5-3-1/h3-7H,2,8H2,1H3;1-3H,(H,4,5). The number of aromatic amines is 1. The molecule has 0 amide bonds. The number of hydrogen-bond donors (Lipinski definition) is 1. The minimum absolute atomic E-state index is 0.302. The summed E-state index contributed by atoms with van der Waals surface area (Å²) in [5, 5.41) is 6.21. The quantitative estimate of drug-likeness (QED) is 0.857. The lowest BCUT2D eigenvalue weighted by Gasteiger charge is -1.96. The number of Topliss-reactive ketones (excluding diaryl/α,β-unsaturated/α-hetero) is 1. The highest BCUT2D eigenvalue weighted by molar-refractivity contribution is 5.80. The van der Waals surface area contributed by atoms with Gasteiger partial charge in [0.25, 0.3) is 0 Å². The van der Waals surface area contributed by atoms with Gasteiger partial charge in [-0.1, -0.05) is 37.3 Å². The smallest absolute Gasteiger partial charge is 0.136 e. The van der Waals surface area contributed by atoms with Gasteiger partial charge in [-0.05, 0) is 11.6 Å². The van der Waals surface area contributed by atoms with Gasteiger partial charge in [0, 0.05) is 25.2 Å². The van der Waals surface area contributed by atoms with Gasteiger partial charge in [0.15, 0.2) is 0 Å². The summed E-state index contributed by atoms with van der Waals surface area (Å²) in [6, 6.07) is 11.7. The molecule has 0 saturated carbocycles. The number of nitrogens with zero attached hydrogens (tertiary/aromatic N) is 1. The van der Waals surface area contributed by atoms with Crippen LogP contribution in [0.2, 0.25) is 0 Å². The highest BCUT2D eigenvalue weighted by Crippen LogP contribution is 2.00. The van der Waals surface area contributed by atoms with E-state index in [1.807, 2.05) is 43.3 Å². The van der Waals surface area contributed by atoms with Crippen molar-refractivity contribution in [3.63, 3.8) is 0 Å². The molecule has 0 atom stereocenters. The van der Waals surface area contributed by atoms with E-state index in [4.69, 9.17) is 0 Å². The fourth-order valence-electron chi connectivity index (χ4n) is 1.16. The van der Waals surface area contributed by atoms with Crippen LogP contribution in [0, 0.1) is 0 Å². The van der Waals surface area contributed by atoms with Crippen LogP contribution >= 0.6 is 0 Å². The van der Waals surface area contributed by atoms with E-state index in [1.165, 1.54) is 0 Å². The predicted octanol–water partition coefficient (Wildman–Crippen LogP) is 2.62. The molecule has 2 aromatic rings. The summed E-state index contributed by atoms with van der Waals surface area (Å²) in [7, 11) is 0. The SMILES string of the molecule is CCC(=O)Cc1ccccc1.c1cn[nH]c1. The maximum atomic E-state index is 11.0. The Bertz CT molecular complexity index is 364. The van der Waals surface area contributed by atoms with E-state index < -0.39 is 0 Å². The molecule has 0 radical (unpaired) electrons. The van der Waals surface area contributed by atoms with Crippen molar-refractivity contribution >= 4 is 5.78 Å². The zero-order valence-corrected chi connectivity index (χ0v) is 9.39. The van der Waals surface area contributed by atoms with Crippen molar-refractivity contribution in [1.82, 2.24) is 10.2 Å². The number of carbonyl (C=O) groups excluding carboxylic acids is 1. The number of benzene rings is 1. The maximum absolute atomic E-state index is 11.0. The predicted molar refractivity (Wildman–Crippen MR) is 64.0 cm³/mol. The Morgan fingerprint density at radius 1 is 1.25 bits per heavy atom. The Labute approximate surface area is 95.5 Å². The van der Waals surface area contributed by atoms with Crippen LogP contribution in [-0.2, 0) is 11.2 Å². The monoisotopic (exact) mass is 216 g/mol. The van der Waals surface area contributed by atoms with Crippen molar-refractivity contribution in [1.29, 1.82) is 0 Å². The molecule has 1 heterocycles. The van der Waals surface area contributed by atoms with Crippen molar-refractivity contribution in [3.8, 4) is 0 Å². The van der Waals surface area contributed by atoms with E-state index in [2.05, 4.69) is 10.2 Å². The minimum Gasteiger partial charge on any atom is -0.299 e. The topological polar surface area (TPSA) is 45.8 Å². The van der Waals surface area contributed by atoms with Crippen molar-refractivity contribution < 1.29 is 4.79 Å². The molecule has 3 nitrogen and oxygen atoms in total. The summed E-state index contributed by atoms with van der Waals surface area (Å²) < 4.78 is 0. The third kappa shape index (κ3) is 5.10. The van der Waals surface area contributed by atoms with Crippen LogP contribution in [0.15, 0.2) is 48.8 Å². The number of carbonyl (C=O) groups is 1. The van der Waals surface area contributed by atoms with Crippen LogP contribution < -0.4 is 0 Å². The summed E-state index contributed by atoms with van der Waals surface area (Å²) in [5.41, 5.74) is 1.11. The number of rotatable bonds is 3. The average molecular weight is 216 g/mol. The molecule has 0 aliphatic heterocycles. The minimum atomic E-state index is 0.302. The van der Waals surface area contributed by atoms with Crippen LogP contribution in [-0.4, -0.2) is 16.0 Å². The van der Waals surface area contributed by atoms with Crippen molar-refractivity contribution in [3.05, 3.63) is 54.4 Å². The Kier molecular flexibility index (Phi) is 5.63. The van der Waals surface area contributed by atoms with E-state index in [-0.39, 0.29) is 0 Å². The van der Waals surface area contributed by atoms with Crippen molar-refractivity contribution in [2.45, 2.75) is 19.8 Å². The van der Waals surface area contributed by atoms with E-state index in [1.54, 1.807) is 12.4 Å². The molecule has 0 aliphatic carbocycles. The average Bonchev–Trinajstić information content (AvgIpc) is 2.89. The van der Waals surface area contributed by atoms with Crippen molar-refractivity contribution in [2.24, 2.45) is 0 Å². The molecule has 0 saturated heterocycles. The normalized spacial score (nSPS) is 9.06. The molecule has 16 heavy (non-hydrogen) atoms. The molecule has 0 aliphatic rings. The van der Waals surface area contributed by atoms with Crippen LogP contribution in [0.5, 0.6) is 0 Å². The van der Waals surface area contributed by atoms with Crippen LogP contribution in [0.4, 0.5) is 0 Å². The molecular weight excluding hydrogens is 200 g/mol. The first-order chi connectivity index (χ1) is 7.83. The first-order valence-corrected chi connectivity index (χ1v) is 5.32. The van der Waals surface area contributed by atoms with Gasteiger partial charge in [-0.15, -0.1) is 0 Å². The zero-order valence-electron chi connectivity index (χ0n) is 9.39. The molecule has 0 spiro atoms. The van der Waals surface area contributed by atoms with Gasteiger partial charge in [0.1, 0.15) is 5.78 Å². The van der Waals surface area contributed by atoms with Crippen LogP contribution in [0.25, 0.3) is 0 Å². The van der Waals surface area contributed by atoms with Crippen LogP contribution in [0.1, 0.15) is 18.9 Å². The largest absolute Gasteiger partial charge is 0.299 e. The molecule has 3 heteroatoms. The third-order valence-electron chi connectivity index (χ3n) is 2.04. The molecule has 2 rings (SSSR count). The van der Waals surface area contributed by atoms with E-state index in [9.17, 15) is 4.79 Å². The second-order valence-corrected chi connectivity index (χ2v) is 3.32. The Morgan fingerprint density at radius 3 is 2.44 bits per heavy atom. The molecule has 1 aromatic heterocycles. The number of hydrogen-bond acceptors (Lipinski definition) is 2. The number of aromatic nitrogens is 2. The Balaban J connectivity index is 0.000000212. The van der Waals surface area contributed by atoms with E-state index >= 15 is 0 Å². The van der Waals surface area contributed by atoms with Crippen LogP contribution in [0.3, 0.4) is 0 Å². The highest BCUT2D eigenvalue weighted by Gasteiger charge is 1.98. The molecule has 1 aromatic carbocycles. The summed E-state index contributed by atoms with van der Waals surface area (Å²) >= 11 is 0. The summed E-state index contributed by atoms with van der Waals surface area (Å²) in [6.07, 6.45) is 4.67. The molecular formula is C13H16N2O. The van der Waals surface area contributed by atoms with E-state index in [0.29, 0.717) is 18.6 Å². The Morgan fingerprint density at radius 2 is 2.00 bits per heavy atom. The molecule has 84 valence electrons. The maximum Gasteiger partial charge on any atom is 0.136 e. The number of ketones is 1. The van der Waals surface area contributed by atoms with Gasteiger partial charge in [-0.3, -0.25) is 9.89 Å². The lowest BCUT2D eigenvalue weighted by atomic mass is 10.1. The van der Waals surface area contributed by atoms with Gasteiger partial charge in [-0.25, -0.2) is 0 Å². The highest BCUT2D eigenvalue weighted by atomic mass is 16.1. The van der Waals surface area contributed by atoms with Gasteiger partial charge in [0.2, 0.25) is 0 Å². The van der Waals surface area contributed by atoms with Gasteiger partial charge in [0.05, 0.1) is 0 Å². The second kappa shape index (κ2) is 7.40. The number of H-pyrrole nitrogens is 1. The van der Waals surface area contributed by atoms with Crippen molar-refractivity contribution in [2.75, 3.05) is 0 Å². The van der Waals surface area contributed by atoms with Gasteiger partial charge < -0.3 is 0 Å². The summed E-state index contributed by atoms with van der Waals surface area (Å²) in [5.74, 6) is 0.302. The van der Waals surface area contributed by atoms with E-state index in [0.717, 1.165) is 5.56 Å². The Hall–Kier alpha value is -1.90. The molecule has 1 N–H and O–H groups in total. The lowest BCUT2D eigenvalue weighted by molar-refractivity contribution is -0.118. The molecule has 0 bridgehead atoms. The lowest BCUT2D eigenvalue weighted by Crippen LogP contribution is -1.99. The molecule has 0 fully saturated rings. The first kappa shape index (κ1) is 12.2.